The number of amides is 3. The van der Waals surface area contributed by atoms with Crippen molar-refractivity contribution in [3.05, 3.63) is 76.5 Å². The minimum absolute atomic E-state index is 0.00503. The fraction of sp³-hybridized carbons (Fsp3) is 0.280. The van der Waals surface area contributed by atoms with Crippen molar-refractivity contribution in [1.29, 1.82) is 5.26 Å². The minimum atomic E-state index is -4.67. The summed E-state index contributed by atoms with van der Waals surface area (Å²) in [6.45, 7) is 4.51. The number of rotatable bonds is 5. The maximum absolute atomic E-state index is 13.6. The van der Waals surface area contributed by atoms with Crippen molar-refractivity contribution in [3.8, 4) is 6.07 Å². The number of alkyl halides is 3. The van der Waals surface area contributed by atoms with Gasteiger partial charge < -0.3 is 4.74 Å². The number of imide groups is 1. The molecule has 0 aromatic heterocycles. The molecule has 0 bridgehead atoms. The second-order valence-electron chi connectivity index (χ2n) is 7.64. The molecular weight excluding hydrogens is 463 g/mol. The highest BCUT2D eigenvalue weighted by Crippen LogP contribution is 2.41. The van der Waals surface area contributed by atoms with Crippen LogP contribution in [0.15, 0.2) is 59.8 Å². The van der Waals surface area contributed by atoms with E-state index < -0.39 is 35.7 Å². The summed E-state index contributed by atoms with van der Waals surface area (Å²) in [4.78, 5) is 41.5. The van der Waals surface area contributed by atoms with Crippen LogP contribution in [-0.2, 0) is 20.5 Å². The number of nitrogens with zero attached hydrogens (tertiary/aromatic N) is 3. The van der Waals surface area contributed by atoms with Gasteiger partial charge in [0.1, 0.15) is 6.04 Å². The Bertz CT molecular complexity index is 1230. The zero-order chi connectivity index (χ0) is 25.9. The molecule has 3 amide bonds. The van der Waals surface area contributed by atoms with Crippen LogP contribution < -0.4 is 4.90 Å². The summed E-state index contributed by atoms with van der Waals surface area (Å²) < 4.78 is 45.3. The van der Waals surface area contributed by atoms with E-state index in [0.29, 0.717) is 11.1 Å². The Kier molecular flexibility index (Phi) is 7.29. The Morgan fingerprint density at radius 2 is 1.77 bits per heavy atom. The van der Waals surface area contributed by atoms with Crippen LogP contribution in [0, 0.1) is 11.3 Å². The molecule has 35 heavy (non-hydrogen) atoms. The minimum Gasteiger partial charge on any atom is -0.463 e. The van der Waals surface area contributed by atoms with Crippen molar-refractivity contribution >= 4 is 23.6 Å². The number of carbonyl (C=O) groups excluding carboxylic acids is 3. The van der Waals surface area contributed by atoms with Gasteiger partial charge in [-0.15, -0.1) is 0 Å². The third-order valence-electron chi connectivity index (χ3n) is 5.51. The maximum atomic E-state index is 13.6. The van der Waals surface area contributed by atoms with Gasteiger partial charge in [0.15, 0.2) is 0 Å². The van der Waals surface area contributed by atoms with Crippen molar-refractivity contribution < 1.29 is 32.3 Å². The SMILES string of the molecule is CCOC(=O)C1=C(C)N(c2cccc(C(F)(F)F)c2)C(=O)N(C(=O)CC)C1c1ccc(C#N)cc1. The number of benzene rings is 2. The largest absolute Gasteiger partial charge is 0.463 e. The molecule has 0 saturated carbocycles. The van der Waals surface area contributed by atoms with Crippen molar-refractivity contribution in [1.82, 2.24) is 4.90 Å². The average Bonchev–Trinajstić information content (AvgIpc) is 2.83. The second-order valence-corrected chi connectivity index (χ2v) is 7.64. The van der Waals surface area contributed by atoms with Gasteiger partial charge >= 0.3 is 18.2 Å². The number of ether oxygens (including phenoxy) is 1. The van der Waals surface area contributed by atoms with E-state index in [9.17, 15) is 27.6 Å². The Hall–Kier alpha value is -4.13. The van der Waals surface area contributed by atoms with Crippen LogP contribution >= 0.6 is 0 Å². The van der Waals surface area contributed by atoms with E-state index in [1.165, 1.54) is 44.2 Å². The lowest BCUT2D eigenvalue weighted by atomic mass is 9.92. The highest BCUT2D eigenvalue weighted by atomic mass is 19.4. The van der Waals surface area contributed by atoms with E-state index in [1.54, 1.807) is 6.92 Å². The van der Waals surface area contributed by atoms with Gasteiger partial charge in [0.2, 0.25) is 5.91 Å². The third-order valence-corrected chi connectivity index (χ3v) is 5.51. The Balaban J connectivity index is 2.31. The first kappa shape index (κ1) is 25.5. The predicted molar refractivity (Wildman–Crippen MR) is 120 cm³/mol. The standard InChI is InChI=1S/C25H22F3N3O4/c1-4-20(32)31-22(17-11-9-16(14-29)10-12-17)21(23(33)35-5-2)15(3)30(24(31)34)19-8-6-7-18(13-19)25(26,27)28/h6-13,22H,4-5H2,1-3H3. The number of hydrogen-bond donors (Lipinski definition) is 0. The lowest BCUT2D eigenvalue weighted by molar-refractivity contribution is -0.140. The molecule has 2 aromatic carbocycles. The van der Waals surface area contributed by atoms with Crippen LogP contribution in [-0.4, -0.2) is 29.4 Å². The number of hydrogen-bond acceptors (Lipinski definition) is 5. The lowest BCUT2D eigenvalue weighted by Crippen LogP contribution is -2.53. The van der Waals surface area contributed by atoms with Crippen LogP contribution in [0.4, 0.5) is 23.7 Å². The number of carbonyl (C=O) groups is 3. The maximum Gasteiger partial charge on any atom is 0.416 e. The molecule has 0 aliphatic carbocycles. The number of esters is 1. The molecule has 182 valence electrons. The van der Waals surface area contributed by atoms with Gasteiger partial charge in [0.25, 0.3) is 0 Å². The summed E-state index contributed by atoms with van der Waals surface area (Å²) in [6, 6.07) is 9.92. The van der Waals surface area contributed by atoms with Crippen LogP contribution in [0.1, 0.15) is 49.9 Å². The van der Waals surface area contributed by atoms with Gasteiger partial charge in [-0.2, -0.15) is 18.4 Å². The van der Waals surface area contributed by atoms with Crippen molar-refractivity contribution in [3.63, 3.8) is 0 Å². The van der Waals surface area contributed by atoms with Gasteiger partial charge in [-0.05, 0) is 49.7 Å². The van der Waals surface area contributed by atoms with E-state index in [1.807, 2.05) is 6.07 Å². The highest BCUT2D eigenvalue weighted by Gasteiger charge is 2.45. The van der Waals surface area contributed by atoms with E-state index in [0.717, 1.165) is 28.0 Å². The smallest absolute Gasteiger partial charge is 0.416 e. The molecule has 0 spiro atoms. The van der Waals surface area contributed by atoms with Gasteiger partial charge in [-0.25, -0.2) is 9.59 Å². The molecule has 0 fully saturated rings. The number of urea groups is 1. The van der Waals surface area contributed by atoms with E-state index >= 15 is 0 Å². The molecule has 0 saturated heterocycles. The number of allylic oxidation sites excluding steroid dienone is 1. The molecule has 1 heterocycles. The molecule has 1 unspecified atom stereocenters. The normalized spacial score (nSPS) is 16.3. The first-order chi connectivity index (χ1) is 16.5. The summed E-state index contributed by atoms with van der Waals surface area (Å²) >= 11 is 0. The van der Waals surface area contributed by atoms with Gasteiger partial charge in [-0.3, -0.25) is 14.6 Å². The Morgan fingerprint density at radius 3 is 2.31 bits per heavy atom. The van der Waals surface area contributed by atoms with Crippen LogP contribution in [0.3, 0.4) is 0 Å². The first-order valence-corrected chi connectivity index (χ1v) is 10.8. The lowest BCUT2D eigenvalue weighted by Gasteiger charge is -2.41. The Morgan fingerprint density at radius 1 is 1.11 bits per heavy atom. The third kappa shape index (κ3) is 4.89. The molecule has 0 radical (unpaired) electrons. The zero-order valence-corrected chi connectivity index (χ0v) is 19.2. The number of anilines is 1. The summed E-state index contributed by atoms with van der Waals surface area (Å²) in [6.07, 6.45) is -4.77. The van der Waals surface area contributed by atoms with E-state index in [-0.39, 0.29) is 30.0 Å². The van der Waals surface area contributed by atoms with Gasteiger partial charge in [-0.1, -0.05) is 25.1 Å². The van der Waals surface area contributed by atoms with Crippen LogP contribution in [0.25, 0.3) is 0 Å². The van der Waals surface area contributed by atoms with Crippen molar-refractivity contribution in [2.75, 3.05) is 11.5 Å². The zero-order valence-electron chi connectivity index (χ0n) is 19.2. The van der Waals surface area contributed by atoms with Crippen molar-refractivity contribution in [2.24, 2.45) is 0 Å². The molecule has 0 N–H and O–H groups in total. The summed E-state index contributed by atoms with van der Waals surface area (Å²) in [5.74, 6) is -1.46. The van der Waals surface area contributed by atoms with Gasteiger partial charge in [0, 0.05) is 12.1 Å². The number of nitriles is 1. The molecule has 7 nitrogen and oxygen atoms in total. The summed E-state index contributed by atoms with van der Waals surface area (Å²) in [5.41, 5.74) is -0.497. The topological polar surface area (TPSA) is 90.7 Å². The fourth-order valence-corrected chi connectivity index (χ4v) is 3.88. The van der Waals surface area contributed by atoms with Crippen LogP contribution in [0.2, 0.25) is 0 Å². The molecular formula is C25H22F3N3O4. The highest BCUT2D eigenvalue weighted by molar-refractivity contribution is 6.09. The Labute approximate surface area is 200 Å². The molecule has 1 aliphatic heterocycles. The molecule has 3 rings (SSSR count). The first-order valence-electron chi connectivity index (χ1n) is 10.8. The summed E-state index contributed by atoms with van der Waals surface area (Å²) in [5, 5.41) is 9.11. The predicted octanol–water partition coefficient (Wildman–Crippen LogP) is 5.33. The second kappa shape index (κ2) is 10.0. The molecule has 1 aliphatic rings. The molecule has 10 heteroatoms. The van der Waals surface area contributed by atoms with Gasteiger partial charge in [0.05, 0.1) is 35.1 Å². The quantitative estimate of drug-likeness (QED) is 0.534. The summed E-state index contributed by atoms with van der Waals surface area (Å²) in [7, 11) is 0. The molecule has 2 aromatic rings. The molecule has 1 atom stereocenters. The van der Waals surface area contributed by atoms with Crippen molar-refractivity contribution in [2.45, 2.75) is 39.4 Å². The van der Waals surface area contributed by atoms with Crippen LogP contribution in [0.5, 0.6) is 0 Å². The average molecular weight is 485 g/mol. The monoisotopic (exact) mass is 485 g/mol. The fourth-order valence-electron chi connectivity index (χ4n) is 3.88. The van der Waals surface area contributed by atoms with E-state index in [4.69, 9.17) is 10.00 Å². The van der Waals surface area contributed by atoms with E-state index in [2.05, 4.69) is 0 Å². The number of halogens is 3.